The van der Waals surface area contributed by atoms with Crippen LogP contribution in [0, 0.1) is 6.92 Å². The number of carbonyl (C=O) groups is 2. The van der Waals surface area contributed by atoms with E-state index in [9.17, 15) is 14.7 Å². The fourth-order valence-corrected chi connectivity index (χ4v) is 2.27. The third-order valence-corrected chi connectivity index (χ3v) is 3.18. The number of halogens is 1. The van der Waals surface area contributed by atoms with Crippen molar-refractivity contribution in [1.29, 1.82) is 0 Å². The number of rotatable bonds is 4. The zero-order valence-corrected chi connectivity index (χ0v) is 12.6. The number of nitrogens with one attached hydrogen (secondary N) is 1. The molecule has 6 heteroatoms. The normalized spacial score (nSPS) is 10.1. The third kappa shape index (κ3) is 3.99. The van der Waals surface area contributed by atoms with Gasteiger partial charge in [0.1, 0.15) is 6.61 Å². The van der Waals surface area contributed by atoms with Gasteiger partial charge in [-0.2, -0.15) is 0 Å². The Hall–Kier alpha value is -2.53. The highest BCUT2D eigenvalue weighted by Crippen LogP contribution is 2.25. The van der Waals surface area contributed by atoms with Crippen molar-refractivity contribution in [1.82, 2.24) is 0 Å². The SMILES string of the molecule is Cc1cc(Cl)cc(NC(=O)OCc2ccccc2)c1C(=O)O. The first kappa shape index (κ1) is 15.9. The summed E-state index contributed by atoms with van der Waals surface area (Å²) in [6.07, 6.45) is -0.743. The molecule has 0 fully saturated rings. The third-order valence-electron chi connectivity index (χ3n) is 2.96. The molecule has 2 aromatic rings. The van der Waals surface area contributed by atoms with E-state index >= 15 is 0 Å². The standard InChI is InChI=1S/C16H14ClNO4/c1-10-7-12(17)8-13(14(10)15(19)20)18-16(21)22-9-11-5-3-2-4-6-11/h2-8H,9H2,1H3,(H,18,21)(H,19,20). The number of aromatic carboxylic acids is 1. The summed E-state index contributed by atoms with van der Waals surface area (Å²) < 4.78 is 5.06. The van der Waals surface area contributed by atoms with Gasteiger partial charge in [0.25, 0.3) is 0 Å². The molecular weight excluding hydrogens is 306 g/mol. The molecule has 0 heterocycles. The van der Waals surface area contributed by atoms with Gasteiger partial charge < -0.3 is 9.84 Å². The molecule has 0 bridgehead atoms. The van der Waals surface area contributed by atoms with Crippen LogP contribution in [0.15, 0.2) is 42.5 Å². The lowest BCUT2D eigenvalue weighted by Gasteiger charge is -2.12. The number of carboxylic acids is 1. The van der Waals surface area contributed by atoms with Crippen molar-refractivity contribution in [3.05, 3.63) is 64.2 Å². The smallest absolute Gasteiger partial charge is 0.411 e. The second-order valence-corrected chi connectivity index (χ2v) is 5.07. The number of anilines is 1. The van der Waals surface area contributed by atoms with Gasteiger partial charge in [-0.25, -0.2) is 9.59 Å². The molecule has 0 radical (unpaired) electrons. The molecule has 0 unspecified atom stereocenters. The molecule has 0 atom stereocenters. The number of hydrogen-bond acceptors (Lipinski definition) is 3. The molecule has 0 saturated carbocycles. The van der Waals surface area contributed by atoms with Crippen LogP contribution in [0.1, 0.15) is 21.5 Å². The van der Waals surface area contributed by atoms with E-state index < -0.39 is 12.1 Å². The van der Waals surface area contributed by atoms with Crippen molar-refractivity contribution in [2.75, 3.05) is 5.32 Å². The first-order chi connectivity index (χ1) is 10.5. The van der Waals surface area contributed by atoms with Crippen LogP contribution in [0.3, 0.4) is 0 Å². The lowest BCUT2D eigenvalue weighted by Crippen LogP contribution is -2.16. The molecule has 22 heavy (non-hydrogen) atoms. The van der Waals surface area contributed by atoms with Crippen LogP contribution in [0.4, 0.5) is 10.5 Å². The zero-order valence-electron chi connectivity index (χ0n) is 11.8. The minimum absolute atomic E-state index is 0.0129. The van der Waals surface area contributed by atoms with Crippen molar-refractivity contribution < 1.29 is 19.4 Å². The van der Waals surface area contributed by atoms with E-state index in [1.807, 2.05) is 30.3 Å². The molecule has 0 aliphatic heterocycles. The van der Waals surface area contributed by atoms with E-state index in [2.05, 4.69) is 5.32 Å². The second-order valence-electron chi connectivity index (χ2n) is 4.64. The number of carbonyl (C=O) groups excluding carboxylic acids is 1. The maximum Gasteiger partial charge on any atom is 0.411 e. The number of amides is 1. The van der Waals surface area contributed by atoms with Gasteiger partial charge in [0.15, 0.2) is 0 Å². The Morgan fingerprint density at radius 1 is 1.23 bits per heavy atom. The Morgan fingerprint density at radius 3 is 2.55 bits per heavy atom. The van der Waals surface area contributed by atoms with Gasteiger partial charge in [0.05, 0.1) is 11.3 Å². The molecule has 2 aromatic carbocycles. The van der Waals surface area contributed by atoms with Crippen LogP contribution in [0.2, 0.25) is 5.02 Å². The van der Waals surface area contributed by atoms with Crippen LogP contribution in [-0.4, -0.2) is 17.2 Å². The van der Waals surface area contributed by atoms with Crippen molar-refractivity contribution in [2.45, 2.75) is 13.5 Å². The number of carboxylic acid groups (broad SMARTS) is 1. The summed E-state index contributed by atoms with van der Waals surface area (Å²) in [6, 6.07) is 12.1. The van der Waals surface area contributed by atoms with Crippen molar-refractivity contribution in [3.8, 4) is 0 Å². The van der Waals surface area contributed by atoms with Gasteiger partial charge >= 0.3 is 12.1 Å². The van der Waals surface area contributed by atoms with Gasteiger partial charge in [-0.3, -0.25) is 5.32 Å². The first-order valence-electron chi connectivity index (χ1n) is 6.48. The largest absolute Gasteiger partial charge is 0.478 e. The van der Waals surface area contributed by atoms with Gasteiger partial charge in [0.2, 0.25) is 0 Å². The maximum absolute atomic E-state index is 11.8. The van der Waals surface area contributed by atoms with Crippen LogP contribution in [-0.2, 0) is 11.3 Å². The highest BCUT2D eigenvalue weighted by molar-refractivity contribution is 6.31. The van der Waals surface area contributed by atoms with Gasteiger partial charge in [-0.15, -0.1) is 0 Å². The zero-order chi connectivity index (χ0) is 16.1. The Bertz CT molecular complexity index is 701. The monoisotopic (exact) mass is 319 g/mol. The summed E-state index contributed by atoms with van der Waals surface area (Å²) in [5.74, 6) is -1.15. The predicted molar refractivity (Wildman–Crippen MR) is 83.4 cm³/mol. The van der Waals surface area contributed by atoms with E-state index in [1.165, 1.54) is 12.1 Å². The minimum Gasteiger partial charge on any atom is -0.478 e. The van der Waals surface area contributed by atoms with Gasteiger partial charge in [-0.1, -0.05) is 41.9 Å². The predicted octanol–water partition coefficient (Wildman–Crippen LogP) is 4.10. The minimum atomic E-state index is -1.15. The molecule has 0 spiro atoms. The first-order valence-corrected chi connectivity index (χ1v) is 6.86. The molecule has 114 valence electrons. The summed E-state index contributed by atoms with van der Waals surface area (Å²) in [4.78, 5) is 23.1. The topological polar surface area (TPSA) is 75.6 Å². The van der Waals surface area contributed by atoms with Crippen LogP contribution >= 0.6 is 11.6 Å². The molecule has 0 aliphatic carbocycles. The summed E-state index contributed by atoms with van der Waals surface area (Å²) in [6.45, 7) is 1.70. The molecule has 2 N–H and O–H groups in total. The Kier molecular flexibility index (Phi) is 5.01. The molecule has 0 aromatic heterocycles. The Balaban J connectivity index is 2.10. The van der Waals surface area contributed by atoms with Crippen molar-refractivity contribution in [2.24, 2.45) is 0 Å². The number of ether oxygens (including phenoxy) is 1. The lowest BCUT2D eigenvalue weighted by molar-refractivity contribution is 0.0697. The summed E-state index contributed by atoms with van der Waals surface area (Å²) >= 11 is 5.90. The number of benzene rings is 2. The number of aryl methyl sites for hydroxylation is 1. The van der Waals surface area contributed by atoms with E-state index in [0.29, 0.717) is 10.6 Å². The molecule has 0 saturated heterocycles. The summed E-state index contributed by atoms with van der Waals surface area (Å²) in [7, 11) is 0. The van der Waals surface area contributed by atoms with E-state index in [1.54, 1.807) is 6.92 Å². The van der Waals surface area contributed by atoms with Gasteiger partial charge in [0, 0.05) is 5.02 Å². The summed E-state index contributed by atoms with van der Waals surface area (Å²) in [5.41, 5.74) is 1.38. The van der Waals surface area contributed by atoms with E-state index in [0.717, 1.165) is 5.56 Å². The summed E-state index contributed by atoms with van der Waals surface area (Å²) in [5, 5.41) is 12.0. The average Bonchev–Trinajstić information content (AvgIpc) is 2.45. The Labute approximate surface area is 132 Å². The van der Waals surface area contributed by atoms with E-state index in [-0.39, 0.29) is 17.9 Å². The quantitative estimate of drug-likeness (QED) is 0.889. The van der Waals surface area contributed by atoms with E-state index in [4.69, 9.17) is 16.3 Å². The maximum atomic E-state index is 11.8. The molecule has 0 aliphatic rings. The number of hydrogen-bond donors (Lipinski definition) is 2. The fraction of sp³-hybridized carbons (Fsp3) is 0.125. The van der Waals surface area contributed by atoms with Gasteiger partial charge in [-0.05, 0) is 30.2 Å². The van der Waals surface area contributed by atoms with Crippen LogP contribution in [0.25, 0.3) is 0 Å². The van der Waals surface area contributed by atoms with Crippen molar-refractivity contribution in [3.63, 3.8) is 0 Å². The Morgan fingerprint density at radius 2 is 1.91 bits per heavy atom. The van der Waals surface area contributed by atoms with Crippen LogP contribution in [0.5, 0.6) is 0 Å². The van der Waals surface area contributed by atoms with Crippen molar-refractivity contribution >= 4 is 29.4 Å². The molecular formula is C16H14ClNO4. The molecule has 2 rings (SSSR count). The highest BCUT2D eigenvalue weighted by Gasteiger charge is 2.17. The lowest BCUT2D eigenvalue weighted by atomic mass is 10.1. The second kappa shape index (κ2) is 6.95. The molecule has 5 nitrogen and oxygen atoms in total. The van der Waals surface area contributed by atoms with Crippen LogP contribution < -0.4 is 5.32 Å². The highest BCUT2D eigenvalue weighted by atomic mass is 35.5. The molecule has 1 amide bonds. The average molecular weight is 320 g/mol. The fourth-order valence-electron chi connectivity index (χ4n) is 1.99.